The normalized spacial score (nSPS) is 10.3. The Labute approximate surface area is 238 Å². The van der Waals surface area contributed by atoms with Crippen LogP contribution >= 0.6 is 0 Å². The van der Waals surface area contributed by atoms with Gasteiger partial charge in [-0.05, 0) is 79.6 Å². The van der Waals surface area contributed by atoms with Gasteiger partial charge in [-0.15, -0.1) is 0 Å². The molecule has 210 valence electrons. The van der Waals surface area contributed by atoms with Gasteiger partial charge < -0.3 is 14.2 Å². The molecule has 0 spiro atoms. The number of hydrogen-bond donors (Lipinski definition) is 0. The van der Waals surface area contributed by atoms with Crippen LogP contribution in [-0.2, 0) is 14.3 Å². The van der Waals surface area contributed by atoms with Crippen LogP contribution in [-0.4, -0.2) is 31.8 Å². The fourth-order valence-electron chi connectivity index (χ4n) is 4.09. The lowest BCUT2D eigenvalue weighted by molar-refractivity contribution is -0.136. The Hall–Kier alpha value is -4.04. The van der Waals surface area contributed by atoms with Crippen LogP contribution in [0.15, 0.2) is 78.9 Å². The van der Waals surface area contributed by atoms with Crippen molar-refractivity contribution in [1.29, 1.82) is 0 Å². The van der Waals surface area contributed by atoms with E-state index in [1.165, 1.54) is 25.7 Å². The molecular weight excluding hydrogens is 500 g/mol. The molecule has 0 saturated heterocycles. The molecule has 0 unspecified atom stereocenters. The van der Waals surface area contributed by atoms with Crippen LogP contribution < -0.4 is 4.74 Å². The Morgan fingerprint density at radius 2 is 1.20 bits per heavy atom. The fraction of sp³-hybridized carbons (Fsp3) is 0.371. The van der Waals surface area contributed by atoms with Crippen molar-refractivity contribution < 1.29 is 23.8 Å². The third-order valence-electron chi connectivity index (χ3n) is 6.41. The van der Waals surface area contributed by atoms with Gasteiger partial charge in [-0.3, -0.25) is 0 Å². The molecule has 0 aromatic heterocycles. The number of esters is 2. The van der Waals surface area contributed by atoms with Gasteiger partial charge in [0.05, 0.1) is 25.4 Å². The summed E-state index contributed by atoms with van der Waals surface area (Å²) in [6.07, 6.45) is 9.40. The minimum Gasteiger partial charge on any atom is -0.494 e. The standard InChI is InChI=1S/C35H40O5/c1-2-3-4-5-11-26-38-33-23-21-31(22-24-33)30-17-19-32(20-18-30)35(37)40-28-13-7-6-12-27-39-34(36)25-16-29-14-9-8-10-15-29/h8-10,14-15,17-24H,2-7,11-13,26-28H2,1H3. The van der Waals surface area contributed by atoms with Gasteiger partial charge in [0, 0.05) is 11.5 Å². The molecule has 5 heteroatoms. The number of rotatable bonds is 16. The molecule has 0 N–H and O–H groups in total. The summed E-state index contributed by atoms with van der Waals surface area (Å²) in [5.74, 6) is 5.33. The van der Waals surface area contributed by atoms with E-state index in [9.17, 15) is 9.59 Å². The highest BCUT2D eigenvalue weighted by atomic mass is 16.5. The largest absolute Gasteiger partial charge is 0.494 e. The molecule has 40 heavy (non-hydrogen) atoms. The molecule has 3 aromatic rings. The average molecular weight is 541 g/mol. The summed E-state index contributed by atoms with van der Waals surface area (Å²) in [6, 6.07) is 24.9. The van der Waals surface area contributed by atoms with E-state index in [0.29, 0.717) is 18.8 Å². The quantitative estimate of drug-likeness (QED) is 0.105. The first kappa shape index (κ1) is 30.5. The highest BCUT2D eigenvalue weighted by molar-refractivity contribution is 5.90. The van der Waals surface area contributed by atoms with E-state index in [1.54, 1.807) is 12.1 Å². The van der Waals surface area contributed by atoms with E-state index in [2.05, 4.69) is 18.8 Å². The van der Waals surface area contributed by atoms with Crippen LogP contribution in [0.4, 0.5) is 0 Å². The predicted molar refractivity (Wildman–Crippen MR) is 159 cm³/mol. The van der Waals surface area contributed by atoms with Crippen molar-refractivity contribution in [3.8, 4) is 28.7 Å². The van der Waals surface area contributed by atoms with Crippen LogP contribution in [0.1, 0.15) is 80.6 Å². The molecule has 0 bridgehead atoms. The third kappa shape index (κ3) is 11.8. The fourth-order valence-corrected chi connectivity index (χ4v) is 4.09. The lowest BCUT2D eigenvalue weighted by Gasteiger charge is -2.08. The van der Waals surface area contributed by atoms with Crippen molar-refractivity contribution in [2.24, 2.45) is 0 Å². The molecule has 5 nitrogen and oxygen atoms in total. The lowest BCUT2D eigenvalue weighted by Crippen LogP contribution is -2.06. The molecular formula is C35H40O5. The van der Waals surface area contributed by atoms with E-state index in [-0.39, 0.29) is 5.97 Å². The van der Waals surface area contributed by atoms with E-state index < -0.39 is 5.97 Å². The zero-order chi connectivity index (χ0) is 28.3. The van der Waals surface area contributed by atoms with Crippen LogP contribution in [0, 0.1) is 11.8 Å². The second-order valence-corrected chi connectivity index (χ2v) is 9.67. The first-order valence-corrected chi connectivity index (χ1v) is 14.4. The molecule has 0 radical (unpaired) electrons. The van der Waals surface area contributed by atoms with Crippen LogP contribution in [0.25, 0.3) is 11.1 Å². The molecule has 0 heterocycles. The Morgan fingerprint density at radius 3 is 1.85 bits per heavy atom. The van der Waals surface area contributed by atoms with Gasteiger partial charge in [0.15, 0.2) is 0 Å². The van der Waals surface area contributed by atoms with E-state index in [4.69, 9.17) is 14.2 Å². The van der Waals surface area contributed by atoms with Crippen molar-refractivity contribution in [2.45, 2.75) is 64.7 Å². The maximum absolute atomic E-state index is 12.4. The van der Waals surface area contributed by atoms with Gasteiger partial charge in [0.2, 0.25) is 0 Å². The molecule has 0 aliphatic carbocycles. The van der Waals surface area contributed by atoms with Gasteiger partial charge in [0.25, 0.3) is 0 Å². The summed E-state index contributed by atoms with van der Waals surface area (Å²) in [5.41, 5.74) is 3.43. The maximum Gasteiger partial charge on any atom is 0.384 e. The summed E-state index contributed by atoms with van der Waals surface area (Å²) >= 11 is 0. The molecule has 0 aliphatic heterocycles. The minimum atomic E-state index is -0.515. The summed E-state index contributed by atoms with van der Waals surface area (Å²) in [7, 11) is 0. The zero-order valence-electron chi connectivity index (χ0n) is 23.5. The summed E-state index contributed by atoms with van der Waals surface area (Å²) in [4.78, 5) is 24.1. The van der Waals surface area contributed by atoms with Crippen molar-refractivity contribution in [3.63, 3.8) is 0 Å². The Kier molecular flexibility index (Phi) is 13.9. The van der Waals surface area contributed by atoms with Crippen LogP contribution in [0.5, 0.6) is 5.75 Å². The zero-order valence-corrected chi connectivity index (χ0v) is 23.5. The van der Waals surface area contributed by atoms with Crippen molar-refractivity contribution in [3.05, 3.63) is 90.0 Å². The van der Waals surface area contributed by atoms with Crippen LogP contribution in [0.2, 0.25) is 0 Å². The second-order valence-electron chi connectivity index (χ2n) is 9.67. The molecule has 0 amide bonds. The first-order chi connectivity index (χ1) is 19.7. The molecule has 0 atom stereocenters. The summed E-state index contributed by atoms with van der Waals surface area (Å²) in [5, 5.41) is 0. The number of benzene rings is 3. The number of hydrogen-bond acceptors (Lipinski definition) is 5. The molecule has 3 rings (SSSR count). The number of carbonyl (C=O) groups is 2. The molecule has 0 aliphatic rings. The third-order valence-corrected chi connectivity index (χ3v) is 6.41. The lowest BCUT2D eigenvalue weighted by atomic mass is 10.0. The Balaban J connectivity index is 1.26. The summed E-state index contributed by atoms with van der Waals surface area (Å²) in [6.45, 7) is 3.67. The highest BCUT2D eigenvalue weighted by Gasteiger charge is 2.08. The monoisotopic (exact) mass is 540 g/mol. The Bertz CT molecular complexity index is 1200. The molecule has 0 saturated carbocycles. The van der Waals surface area contributed by atoms with Crippen molar-refractivity contribution in [2.75, 3.05) is 19.8 Å². The van der Waals surface area contributed by atoms with Gasteiger partial charge in [-0.25, -0.2) is 9.59 Å². The van der Waals surface area contributed by atoms with Gasteiger partial charge in [0.1, 0.15) is 5.75 Å². The Morgan fingerprint density at radius 1 is 0.625 bits per heavy atom. The smallest absolute Gasteiger partial charge is 0.384 e. The minimum absolute atomic E-state index is 0.319. The predicted octanol–water partition coefficient (Wildman–Crippen LogP) is 8.01. The maximum atomic E-state index is 12.4. The molecule has 0 fully saturated rings. The second kappa shape index (κ2) is 18.3. The highest BCUT2D eigenvalue weighted by Crippen LogP contribution is 2.23. The topological polar surface area (TPSA) is 61.8 Å². The van der Waals surface area contributed by atoms with Gasteiger partial charge >= 0.3 is 11.9 Å². The van der Waals surface area contributed by atoms with Gasteiger partial charge in [-0.1, -0.05) is 81.0 Å². The average Bonchev–Trinajstić information content (AvgIpc) is 3.00. The number of unbranched alkanes of at least 4 members (excludes halogenated alkanes) is 7. The van der Waals surface area contributed by atoms with Crippen LogP contribution in [0.3, 0.4) is 0 Å². The number of carbonyl (C=O) groups excluding carboxylic acids is 2. The van der Waals surface area contributed by atoms with Gasteiger partial charge in [-0.2, -0.15) is 0 Å². The van der Waals surface area contributed by atoms with Crippen molar-refractivity contribution >= 4 is 11.9 Å². The molecule has 3 aromatic carbocycles. The first-order valence-electron chi connectivity index (χ1n) is 14.4. The number of ether oxygens (including phenoxy) is 3. The van der Waals surface area contributed by atoms with Crippen molar-refractivity contribution in [1.82, 2.24) is 0 Å². The summed E-state index contributed by atoms with van der Waals surface area (Å²) < 4.78 is 16.4. The van der Waals surface area contributed by atoms with E-state index >= 15 is 0 Å². The SMILES string of the molecule is CCCCCCCOc1ccc(-c2ccc(C(=O)OCCCCCCOC(=O)C#Cc3ccccc3)cc2)cc1. The van der Waals surface area contributed by atoms with E-state index in [1.807, 2.05) is 66.7 Å². The van der Waals surface area contributed by atoms with E-state index in [0.717, 1.165) is 61.2 Å².